The number of nitrogens with zero attached hydrogens (tertiary/aromatic N) is 2. The molecule has 2 heterocycles. The average molecular weight is 236 g/mol. The normalized spacial score (nSPS) is 21.2. The molecule has 0 aliphatic carbocycles. The fraction of sp³-hybridized carbons (Fsp3) is 0.615. The van der Waals surface area contributed by atoms with E-state index in [2.05, 4.69) is 18.7 Å². The highest BCUT2D eigenvalue weighted by Crippen LogP contribution is 2.21. The third-order valence-electron chi connectivity index (χ3n) is 3.50. The summed E-state index contributed by atoms with van der Waals surface area (Å²) in [4.78, 5) is 13.3. The molecule has 1 atom stereocenters. The van der Waals surface area contributed by atoms with Crippen molar-refractivity contribution in [3.05, 3.63) is 24.0 Å². The van der Waals surface area contributed by atoms with Crippen LogP contribution in [-0.2, 0) is 6.54 Å². The Bertz CT molecular complexity index is 398. The first-order valence-electron chi connectivity index (χ1n) is 6.22. The molecule has 1 saturated heterocycles. The van der Waals surface area contributed by atoms with Crippen LogP contribution in [-0.4, -0.2) is 39.2 Å². The summed E-state index contributed by atoms with van der Waals surface area (Å²) in [6, 6.07) is 2.78. The van der Waals surface area contributed by atoms with Crippen LogP contribution in [0.15, 0.2) is 18.5 Å². The van der Waals surface area contributed by atoms with Crippen molar-refractivity contribution in [1.82, 2.24) is 9.47 Å². The predicted octanol–water partition coefficient (Wildman–Crippen LogP) is 2.06. The van der Waals surface area contributed by atoms with Crippen LogP contribution in [0.25, 0.3) is 0 Å². The van der Waals surface area contributed by atoms with Crippen molar-refractivity contribution in [2.24, 2.45) is 0 Å². The SMILES string of the molecule is CC(C)N1CCC[C@H]1Cn1ccc(C(=O)O)c1. The van der Waals surface area contributed by atoms with Crippen molar-refractivity contribution in [2.75, 3.05) is 6.54 Å². The van der Waals surface area contributed by atoms with Gasteiger partial charge in [-0.2, -0.15) is 0 Å². The summed E-state index contributed by atoms with van der Waals surface area (Å²) >= 11 is 0. The van der Waals surface area contributed by atoms with Gasteiger partial charge in [0.25, 0.3) is 0 Å². The molecule has 4 nitrogen and oxygen atoms in total. The van der Waals surface area contributed by atoms with Crippen molar-refractivity contribution in [1.29, 1.82) is 0 Å². The Morgan fingerprint density at radius 1 is 1.59 bits per heavy atom. The zero-order chi connectivity index (χ0) is 12.4. The fourth-order valence-electron chi connectivity index (χ4n) is 2.66. The molecule has 1 aromatic rings. The van der Waals surface area contributed by atoms with Crippen LogP contribution in [0.3, 0.4) is 0 Å². The maximum Gasteiger partial charge on any atom is 0.337 e. The molecular weight excluding hydrogens is 216 g/mol. The second-order valence-corrected chi connectivity index (χ2v) is 5.03. The summed E-state index contributed by atoms with van der Waals surface area (Å²) in [5.74, 6) is -0.851. The smallest absolute Gasteiger partial charge is 0.337 e. The topological polar surface area (TPSA) is 45.5 Å². The number of hydrogen-bond acceptors (Lipinski definition) is 2. The van der Waals surface area contributed by atoms with E-state index in [9.17, 15) is 4.79 Å². The molecular formula is C13H20N2O2. The van der Waals surface area contributed by atoms with Gasteiger partial charge in [-0.25, -0.2) is 4.79 Å². The fourth-order valence-corrected chi connectivity index (χ4v) is 2.66. The van der Waals surface area contributed by atoms with Gasteiger partial charge in [0.15, 0.2) is 0 Å². The van der Waals surface area contributed by atoms with E-state index in [1.165, 1.54) is 12.8 Å². The maximum atomic E-state index is 10.8. The molecule has 1 fully saturated rings. The second kappa shape index (κ2) is 4.92. The summed E-state index contributed by atoms with van der Waals surface area (Å²) in [6.07, 6.45) is 6.04. The molecule has 1 N–H and O–H groups in total. The lowest BCUT2D eigenvalue weighted by atomic mass is 10.2. The van der Waals surface area contributed by atoms with Crippen molar-refractivity contribution in [3.63, 3.8) is 0 Å². The Balaban J connectivity index is 2.02. The van der Waals surface area contributed by atoms with Gasteiger partial charge in [-0.15, -0.1) is 0 Å². The zero-order valence-electron chi connectivity index (χ0n) is 10.5. The number of aromatic nitrogens is 1. The Labute approximate surface area is 102 Å². The van der Waals surface area contributed by atoms with Crippen LogP contribution < -0.4 is 0 Å². The molecule has 0 spiro atoms. The molecule has 0 bridgehead atoms. The first-order chi connectivity index (χ1) is 8.08. The van der Waals surface area contributed by atoms with E-state index < -0.39 is 5.97 Å². The summed E-state index contributed by atoms with van der Waals surface area (Å²) in [6.45, 7) is 6.49. The molecule has 2 rings (SSSR count). The molecule has 1 aromatic heterocycles. The van der Waals surface area contributed by atoms with E-state index in [1.807, 2.05) is 10.8 Å². The molecule has 1 aliphatic rings. The van der Waals surface area contributed by atoms with E-state index >= 15 is 0 Å². The van der Waals surface area contributed by atoms with Crippen molar-refractivity contribution >= 4 is 5.97 Å². The highest BCUT2D eigenvalue weighted by atomic mass is 16.4. The molecule has 0 unspecified atom stereocenters. The van der Waals surface area contributed by atoms with Gasteiger partial charge in [0.05, 0.1) is 5.56 Å². The standard InChI is InChI=1S/C13H20N2O2/c1-10(2)15-6-3-4-12(15)9-14-7-5-11(8-14)13(16)17/h5,7-8,10,12H,3-4,6,9H2,1-2H3,(H,16,17)/t12-/m0/s1. The average Bonchev–Trinajstić information content (AvgIpc) is 2.86. The number of aromatic carboxylic acids is 1. The van der Waals surface area contributed by atoms with E-state index in [0.29, 0.717) is 17.6 Å². The Morgan fingerprint density at radius 2 is 2.35 bits per heavy atom. The van der Waals surface area contributed by atoms with Gasteiger partial charge in [-0.1, -0.05) is 0 Å². The highest BCUT2D eigenvalue weighted by Gasteiger charge is 2.26. The minimum atomic E-state index is -0.851. The molecule has 17 heavy (non-hydrogen) atoms. The first-order valence-corrected chi connectivity index (χ1v) is 6.22. The lowest BCUT2D eigenvalue weighted by Gasteiger charge is -2.28. The molecule has 4 heteroatoms. The van der Waals surface area contributed by atoms with Gasteiger partial charge in [-0.05, 0) is 39.3 Å². The minimum absolute atomic E-state index is 0.374. The number of carboxylic acids is 1. The van der Waals surface area contributed by atoms with Gasteiger partial charge >= 0.3 is 5.97 Å². The Hall–Kier alpha value is -1.29. The van der Waals surface area contributed by atoms with Gasteiger partial charge in [0, 0.05) is 31.0 Å². The summed E-state index contributed by atoms with van der Waals surface area (Å²) in [5.41, 5.74) is 0.374. The zero-order valence-corrected chi connectivity index (χ0v) is 10.5. The van der Waals surface area contributed by atoms with Crippen molar-refractivity contribution < 1.29 is 9.90 Å². The van der Waals surface area contributed by atoms with Crippen LogP contribution in [0.5, 0.6) is 0 Å². The monoisotopic (exact) mass is 236 g/mol. The lowest BCUT2D eigenvalue weighted by Crippen LogP contribution is -2.37. The highest BCUT2D eigenvalue weighted by molar-refractivity contribution is 5.87. The molecule has 0 aromatic carbocycles. The number of rotatable bonds is 4. The number of hydrogen-bond donors (Lipinski definition) is 1. The van der Waals surface area contributed by atoms with E-state index in [-0.39, 0.29) is 0 Å². The van der Waals surface area contributed by atoms with Gasteiger partial charge in [0.1, 0.15) is 0 Å². The van der Waals surface area contributed by atoms with Crippen LogP contribution in [0.1, 0.15) is 37.0 Å². The van der Waals surface area contributed by atoms with Gasteiger partial charge < -0.3 is 9.67 Å². The number of carbonyl (C=O) groups is 1. The first kappa shape index (κ1) is 12.2. The molecule has 0 amide bonds. The number of likely N-dealkylation sites (tertiary alicyclic amines) is 1. The predicted molar refractivity (Wildman–Crippen MR) is 66.3 cm³/mol. The van der Waals surface area contributed by atoms with Gasteiger partial charge in [0.2, 0.25) is 0 Å². The van der Waals surface area contributed by atoms with Crippen LogP contribution in [0, 0.1) is 0 Å². The van der Waals surface area contributed by atoms with E-state index in [4.69, 9.17) is 5.11 Å². The second-order valence-electron chi connectivity index (χ2n) is 5.03. The van der Waals surface area contributed by atoms with Crippen molar-refractivity contribution in [2.45, 2.75) is 45.3 Å². The third-order valence-corrected chi connectivity index (χ3v) is 3.50. The molecule has 94 valence electrons. The van der Waals surface area contributed by atoms with Crippen LogP contribution in [0.2, 0.25) is 0 Å². The number of carboxylic acid groups (broad SMARTS) is 1. The molecule has 1 aliphatic heterocycles. The molecule has 0 saturated carbocycles. The van der Waals surface area contributed by atoms with E-state index in [0.717, 1.165) is 13.1 Å². The van der Waals surface area contributed by atoms with Crippen LogP contribution >= 0.6 is 0 Å². The van der Waals surface area contributed by atoms with E-state index in [1.54, 1.807) is 12.3 Å². The van der Waals surface area contributed by atoms with Crippen molar-refractivity contribution in [3.8, 4) is 0 Å². The Morgan fingerprint density at radius 3 is 2.94 bits per heavy atom. The molecule has 0 radical (unpaired) electrons. The Kier molecular flexibility index (Phi) is 3.52. The van der Waals surface area contributed by atoms with Crippen LogP contribution in [0.4, 0.5) is 0 Å². The summed E-state index contributed by atoms with van der Waals surface area (Å²) in [5, 5.41) is 8.88. The third kappa shape index (κ3) is 2.69. The summed E-state index contributed by atoms with van der Waals surface area (Å²) in [7, 11) is 0. The largest absolute Gasteiger partial charge is 0.478 e. The van der Waals surface area contributed by atoms with Gasteiger partial charge in [-0.3, -0.25) is 4.90 Å². The minimum Gasteiger partial charge on any atom is -0.478 e. The summed E-state index contributed by atoms with van der Waals surface area (Å²) < 4.78 is 1.99. The maximum absolute atomic E-state index is 10.8. The lowest BCUT2D eigenvalue weighted by molar-refractivity contribution is 0.0696. The quantitative estimate of drug-likeness (QED) is 0.870.